The average molecular weight is 761 g/mol. The lowest BCUT2D eigenvalue weighted by Gasteiger charge is -2.34. The number of rotatable bonds is 12. The number of aromatic nitrogens is 2. The van der Waals surface area contributed by atoms with Gasteiger partial charge in [0.15, 0.2) is 6.10 Å². The molecule has 1 aliphatic heterocycles. The van der Waals surface area contributed by atoms with Crippen molar-refractivity contribution in [3.8, 4) is 17.4 Å². The zero-order valence-corrected chi connectivity index (χ0v) is 30.3. The van der Waals surface area contributed by atoms with Crippen molar-refractivity contribution in [1.29, 1.82) is 0 Å². The number of carbonyl (C=O) groups excluding carboxylic acids is 1. The van der Waals surface area contributed by atoms with Crippen molar-refractivity contribution in [2.75, 3.05) is 44.3 Å². The van der Waals surface area contributed by atoms with Crippen LogP contribution in [0.5, 0.6) is 17.4 Å². The Morgan fingerprint density at radius 2 is 1.71 bits per heavy atom. The highest BCUT2D eigenvalue weighted by Gasteiger charge is 2.34. The van der Waals surface area contributed by atoms with Crippen LogP contribution in [-0.2, 0) is 23.6 Å². The standard InChI is InChI=1S/C36H37Cl2F2N5O5S/c1-36(38)19-30(10-11-33(36)37)51(47,48)42-26-6-12-34(41-22-26)50-28-9-5-25-17-32(43(2)31(25)18-28)35(46)45-15-13-44(14-16-45)23-24-3-7-27(8-4-24)49-29(20-39)21-40/h3-12,17-18,22,29,42H,13-16,19-21,23H2,1-2H3. The van der Waals surface area contributed by atoms with Crippen LogP contribution in [0, 0.1) is 0 Å². The zero-order valence-electron chi connectivity index (χ0n) is 28.0. The highest BCUT2D eigenvalue weighted by atomic mass is 35.5. The Bertz CT molecular complexity index is 2060. The second-order valence-electron chi connectivity index (χ2n) is 12.7. The van der Waals surface area contributed by atoms with E-state index in [9.17, 15) is 22.0 Å². The van der Waals surface area contributed by atoms with Gasteiger partial charge in [0, 0.05) is 68.7 Å². The normalized spacial score (nSPS) is 18.5. The third kappa shape index (κ3) is 8.49. The summed E-state index contributed by atoms with van der Waals surface area (Å²) in [7, 11) is -2.04. The molecule has 3 heterocycles. The number of benzene rings is 2. The van der Waals surface area contributed by atoms with E-state index in [2.05, 4.69) is 14.6 Å². The molecule has 0 spiro atoms. The van der Waals surface area contributed by atoms with Gasteiger partial charge in [-0.15, -0.1) is 11.6 Å². The second-order valence-corrected chi connectivity index (χ2v) is 15.7. The van der Waals surface area contributed by atoms with Crippen molar-refractivity contribution in [2.45, 2.75) is 30.9 Å². The van der Waals surface area contributed by atoms with Crippen molar-refractivity contribution in [1.82, 2.24) is 19.4 Å². The van der Waals surface area contributed by atoms with Crippen LogP contribution < -0.4 is 14.2 Å². The molecule has 6 rings (SSSR count). The summed E-state index contributed by atoms with van der Waals surface area (Å²) >= 11 is 12.5. The molecule has 1 aliphatic carbocycles. The van der Waals surface area contributed by atoms with Gasteiger partial charge in [-0.1, -0.05) is 23.7 Å². The minimum absolute atomic E-state index is 0.0447. The van der Waals surface area contributed by atoms with E-state index in [1.54, 1.807) is 37.3 Å². The first-order chi connectivity index (χ1) is 24.3. The predicted octanol–water partition coefficient (Wildman–Crippen LogP) is 7.16. The number of sulfonamides is 1. The van der Waals surface area contributed by atoms with Gasteiger partial charge in [0.25, 0.3) is 15.9 Å². The Labute approximate surface area is 305 Å². The van der Waals surface area contributed by atoms with E-state index in [4.69, 9.17) is 32.7 Å². The summed E-state index contributed by atoms with van der Waals surface area (Å²) < 4.78 is 67.1. The van der Waals surface area contributed by atoms with Crippen molar-refractivity contribution >= 4 is 55.7 Å². The second kappa shape index (κ2) is 15.2. The number of allylic oxidation sites excluding steroid dienone is 4. The number of hydrogen-bond acceptors (Lipinski definition) is 7. The maximum atomic E-state index is 13.6. The molecule has 1 atom stereocenters. The lowest BCUT2D eigenvalue weighted by Crippen LogP contribution is -2.48. The van der Waals surface area contributed by atoms with Gasteiger partial charge in [0.1, 0.15) is 30.5 Å². The molecule has 270 valence electrons. The largest absolute Gasteiger partial charge is 0.485 e. The summed E-state index contributed by atoms with van der Waals surface area (Å²) in [5.74, 6) is 1.12. The maximum absolute atomic E-state index is 13.6. The quantitative estimate of drug-likeness (QED) is 0.153. The number of anilines is 1. The predicted molar refractivity (Wildman–Crippen MR) is 195 cm³/mol. The van der Waals surface area contributed by atoms with Gasteiger partial charge in [-0.05, 0) is 61.0 Å². The number of pyridine rings is 1. The van der Waals surface area contributed by atoms with Gasteiger partial charge in [0.05, 0.1) is 27.2 Å². The third-order valence-electron chi connectivity index (χ3n) is 8.85. The maximum Gasteiger partial charge on any atom is 0.270 e. The molecule has 51 heavy (non-hydrogen) atoms. The van der Waals surface area contributed by atoms with Crippen LogP contribution in [0.1, 0.15) is 29.4 Å². The Morgan fingerprint density at radius 3 is 2.35 bits per heavy atom. The van der Waals surface area contributed by atoms with Crippen LogP contribution in [0.15, 0.2) is 88.9 Å². The van der Waals surface area contributed by atoms with Crippen LogP contribution in [0.2, 0.25) is 0 Å². The molecule has 1 amide bonds. The molecule has 0 bridgehead atoms. The molecule has 0 radical (unpaired) electrons. The Balaban J connectivity index is 1.04. The zero-order chi connectivity index (χ0) is 36.3. The number of amides is 1. The average Bonchev–Trinajstić information content (AvgIpc) is 3.45. The lowest BCUT2D eigenvalue weighted by molar-refractivity contribution is 0.0619. The summed E-state index contributed by atoms with van der Waals surface area (Å²) in [6.07, 6.45) is 3.24. The fourth-order valence-corrected chi connectivity index (χ4v) is 7.62. The molecule has 2 aromatic carbocycles. The van der Waals surface area contributed by atoms with Crippen molar-refractivity contribution in [2.24, 2.45) is 7.05 Å². The SMILES string of the molecule is Cn1c(C(=O)N2CCN(Cc3ccc(OC(CF)CF)cc3)CC2)cc2ccc(Oc3ccc(NS(=O)(=O)C4=CC=C(Cl)C(C)(Cl)C4)cn3)cc21. The number of fused-ring (bicyclic) bond motifs is 1. The number of hydrogen-bond donors (Lipinski definition) is 1. The van der Waals surface area contributed by atoms with Crippen molar-refractivity contribution < 1.29 is 31.5 Å². The van der Waals surface area contributed by atoms with Gasteiger partial charge in [0.2, 0.25) is 5.88 Å². The van der Waals surface area contributed by atoms with E-state index in [0.717, 1.165) is 16.5 Å². The van der Waals surface area contributed by atoms with Gasteiger partial charge < -0.3 is 18.9 Å². The number of ether oxygens (including phenoxy) is 2. The first-order valence-corrected chi connectivity index (χ1v) is 18.5. The summed E-state index contributed by atoms with van der Waals surface area (Å²) in [5.41, 5.74) is 2.65. The van der Waals surface area contributed by atoms with Gasteiger partial charge in [-0.2, -0.15) is 0 Å². The van der Waals surface area contributed by atoms with Gasteiger partial charge in [-0.3, -0.25) is 14.4 Å². The topological polar surface area (TPSA) is 106 Å². The number of aryl methyl sites for hydroxylation is 1. The van der Waals surface area contributed by atoms with Crippen LogP contribution in [0.4, 0.5) is 14.5 Å². The number of piperazine rings is 1. The van der Waals surface area contributed by atoms with E-state index >= 15 is 0 Å². The van der Waals surface area contributed by atoms with Crippen LogP contribution in [0.25, 0.3) is 10.9 Å². The van der Waals surface area contributed by atoms with E-state index in [0.29, 0.717) is 54.9 Å². The number of nitrogens with one attached hydrogen (secondary N) is 1. The molecular formula is C36H37Cl2F2N5O5S. The fourth-order valence-electron chi connectivity index (χ4n) is 5.92. The van der Waals surface area contributed by atoms with Crippen LogP contribution in [-0.4, -0.2) is 84.2 Å². The highest BCUT2D eigenvalue weighted by molar-refractivity contribution is 7.96. The first kappa shape index (κ1) is 36.6. The summed E-state index contributed by atoms with van der Waals surface area (Å²) in [6, 6.07) is 17.6. The van der Waals surface area contributed by atoms with Crippen LogP contribution >= 0.6 is 23.2 Å². The van der Waals surface area contributed by atoms with E-state index < -0.39 is 34.4 Å². The fraction of sp³-hybridized carbons (Fsp3) is 0.333. The van der Waals surface area contributed by atoms with Gasteiger partial charge in [-0.25, -0.2) is 22.2 Å². The van der Waals surface area contributed by atoms with E-state index in [1.165, 1.54) is 18.3 Å². The summed E-state index contributed by atoms with van der Waals surface area (Å²) in [6.45, 7) is 3.10. The molecule has 0 saturated carbocycles. The Kier molecular flexibility index (Phi) is 10.9. The van der Waals surface area contributed by atoms with Crippen molar-refractivity contribution in [3.63, 3.8) is 0 Å². The summed E-state index contributed by atoms with van der Waals surface area (Å²) in [5, 5.41) is 1.25. The molecule has 2 aliphatic rings. The van der Waals surface area contributed by atoms with Gasteiger partial charge >= 0.3 is 0 Å². The van der Waals surface area contributed by atoms with Crippen LogP contribution in [0.3, 0.4) is 0 Å². The monoisotopic (exact) mass is 759 g/mol. The first-order valence-electron chi connectivity index (χ1n) is 16.3. The number of carbonyl (C=O) groups is 1. The van der Waals surface area contributed by atoms with E-state index in [1.807, 2.05) is 46.8 Å². The molecule has 10 nitrogen and oxygen atoms in total. The molecular weight excluding hydrogens is 723 g/mol. The molecule has 15 heteroatoms. The Hall–Kier alpha value is -4.17. The molecule has 1 N–H and O–H groups in total. The number of halogens is 4. The molecule has 1 saturated heterocycles. The lowest BCUT2D eigenvalue weighted by atomic mass is 10.0. The molecule has 1 fully saturated rings. The number of alkyl halides is 3. The smallest absolute Gasteiger partial charge is 0.270 e. The minimum atomic E-state index is -3.88. The van der Waals surface area contributed by atoms with Crippen molar-refractivity contribution in [3.05, 3.63) is 100 Å². The summed E-state index contributed by atoms with van der Waals surface area (Å²) in [4.78, 5) is 21.1. The molecule has 2 aromatic heterocycles. The third-order valence-corrected chi connectivity index (χ3v) is 11.3. The Morgan fingerprint density at radius 1 is 1.00 bits per heavy atom. The highest BCUT2D eigenvalue weighted by Crippen LogP contribution is 2.39. The number of nitrogens with zero attached hydrogens (tertiary/aromatic N) is 4. The molecule has 4 aromatic rings. The molecule has 1 unspecified atom stereocenters. The minimum Gasteiger partial charge on any atom is -0.485 e. The van der Waals surface area contributed by atoms with E-state index in [-0.39, 0.29) is 28.8 Å².